The number of benzene rings is 1. The van der Waals surface area contributed by atoms with Gasteiger partial charge in [-0.25, -0.2) is 0 Å². The summed E-state index contributed by atoms with van der Waals surface area (Å²) in [6, 6.07) is 8.36. The summed E-state index contributed by atoms with van der Waals surface area (Å²) in [6.45, 7) is 6.29. The molecule has 92 valence electrons. The lowest BCUT2D eigenvalue weighted by Crippen LogP contribution is -1.97. The zero-order valence-corrected chi connectivity index (χ0v) is 11.4. The van der Waals surface area contributed by atoms with Gasteiger partial charge in [0.1, 0.15) is 5.01 Å². The second-order valence-corrected chi connectivity index (χ2v) is 5.64. The summed E-state index contributed by atoms with van der Waals surface area (Å²) >= 11 is 1.58. The molecule has 3 rings (SSSR count). The number of rotatable bonds is 2. The first-order valence-corrected chi connectivity index (χ1v) is 6.76. The van der Waals surface area contributed by atoms with Gasteiger partial charge < -0.3 is 0 Å². The van der Waals surface area contributed by atoms with Gasteiger partial charge in [-0.1, -0.05) is 48.9 Å². The molecule has 0 bridgehead atoms. The molecule has 0 radical (unpaired) electrons. The molecule has 18 heavy (non-hydrogen) atoms. The van der Waals surface area contributed by atoms with Gasteiger partial charge in [0, 0.05) is 11.5 Å². The van der Waals surface area contributed by atoms with Crippen molar-refractivity contribution in [1.82, 2.24) is 19.8 Å². The van der Waals surface area contributed by atoms with Crippen molar-refractivity contribution in [3.05, 3.63) is 35.7 Å². The van der Waals surface area contributed by atoms with E-state index in [0.29, 0.717) is 5.92 Å². The highest BCUT2D eigenvalue weighted by atomic mass is 32.1. The Kier molecular flexibility index (Phi) is 2.63. The summed E-state index contributed by atoms with van der Waals surface area (Å²) in [5.74, 6) is 1.24. The molecule has 1 aromatic carbocycles. The Bertz CT molecular complexity index is 696. The predicted octanol–water partition coefficient (Wildman–Crippen LogP) is 3.28. The van der Waals surface area contributed by atoms with Crippen molar-refractivity contribution in [2.24, 2.45) is 0 Å². The summed E-state index contributed by atoms with van der Waals surface area (Å²) in [4.78, 5) is 0.857. The summed E-state index contributed by atoms with van der Waals surface area (Å²) < 4.78 is 1.85. The number of fused-ring (bicyclic) bond motifs is 1. The third-order valence-corrected chi connectivity index (χ3v) is 3.74. The molecule has 0 spiro atoms. The Hall–Kier alpha value is -1.75. The van der Waals surface area contributed by atoms with E-state index in [9.17, 15) is 0 Å². The lowest BCUT2D eigenvalue weighted by Gasteiger charge is -1.99. The lowest BCUT2D eigenvalue weighted by molar-refractivity contribution is 0.727. The summed E-state index contributed by atoms with van der Waals surface area (Å²) in [7, 11) is 0. The monoisotopic (exact) mass is 258 g/mol. The van der Waals surface area contributed by atoms with Crippen molar-refractivity contribution >= 4 is 16.3 Å². The summed E-state index contributed by atoms with van der Waals surface area (Å²) in [5.41, 5.74) is 2.38. The van der Waals surface area contributed by atoms with E-state index in [2.05, 4.69) is 60.3 Å². The highest BCUT2D eigenvalue weighted by Crippen LogP contribution is 2.27. The van der Waals surface area contributed by atoms with Crippen LogP contribution in [0.2, 0.25) is 0 Å². The molecule has 4 nitrogen and oxygen atoms in total. The molecule has 3 aromatic rings. The quantitative estimate of drug-likeness (QED) is 0.708. The van der Waals surface area contributed by atoms with Gasteiger partial charge in [0.25, 0.3) is 0 Å². The highest BCUT2D eigenvalue weighted by Gasteiger charge is 2.14. The predicted molar refractivity (Wildman–Crippen MR) is 72.9 cm³/mol. The van der Waals surface area contributed by atoms with E-state index in [1.807, 2.05) is 4.52 Å². The van der Waals surface area contributed by atoms with Crippen molar-refractivity contribution in [2.45, 2.75) is 26.7 Å². The molecule has 5 heteroatoms. The Morgan fingerprint density at radius 3 is 2.78 bits per heavy atom. The summed E-state index contributed by atoms with van der Waals surface area (Å²) in [6.07, 6.45) is 0. The molecule has 0 saturated heterocycles. The van der Waals surface area contributed by atoms with Crippen molar-refractivity contribution in [2.75, 3.05) is 0 Å². The van der Waals surface area contributed by atoms with Crippen LogP contribution in [0.4, 0.5) is 0 Å². The van der Waals surface area contributed by atoms with E-state index in [1.165, 1.54) is 5.56 Å². The van der Waals surface area contributed by atoms with E-state index in [1.54, 1.807) is 11.3 Å². The van der Waals surface area contributed by atoms with E-state index in [-0.39, 0.29) is 0 Å². The highest BCUT2D eigenvalue weighted by molar-refractivity contribution is 7.19. The van der Waals surface area contributed by atoms with Gasteiger partial charge in [0.05, 0.1) is 0 Å². The molecule has 2 heterocycles. The van der Waals surface area contributed by atoms with E-state index < -0.39 is 0 Å². The second kappa shape index (κ2) is 4.17. The largest absolute Gasteiger partial charge is 0.234 e. The molecule has 0 unspecified atom stereocenters. The number of aryl methyl sites for hydroxylation is 1. The van der Waals surface area contributed by atoms with Gasteiger partial charge in [-0.15, -0.1) is 10.2 Å². The Balaban J connectivity index is 2.14. The average molecular weight is 258 g/mol. The van der Waals surface area contributed by atoms with Crippen LogP contribution >= 0.6 is 11.3 Å². The van der Waals surface area contributed by atoms with Crippen LogP contribution in [0.3, 0.4) is 0 Å². The molecule has 0 fully saturated rings. The Morgan fingerprint density at radius 2 is 2.06 bits per heavy atom. The minimum Gasteiger partial charge on any atom is -0.187 e. The van der Waals surface area contributed by atoms with Crippen LogP contribution in [0.1, 0.15) is 31.2 Å². The van der Waals surface area contributed by atoms with Crippen LogP contribution < -0.4 is 0 Å². The first-order chi connectivity index (χ1) is 8.65. The van der Waals surface area contributed by atoms with Gasteiger partial charge >= 0.3 is 0 Å². The first-order valence-electron chi connectivity index (χ1n) is 5.94. The molecule has 0 amide bonds. The average Bonchev–Trinajstić information content (AvgIpc) is 2.87. The minimum atomic E-state index is 0.326. The molecule has 0 aliphatic heterocycles. The van der Waals surface area contributed by atoms with Crippen molar-refractivity contribution in [3.63, 3.8) is 0 Å². The Morgan fingerprint density at radius 1 is 1.22 bits per heavy atom. The first kappa shape index (κ1) is 11.3. The maximum Gasteiger partial charge on any atom is 0.234 e. The number of hydrogen-bond donors (Lipinski definition) is 0. The summed E-state index contributed by atoms with van der Waals surface area (Å²) in [5, 5.41) is 14.0. The van der Waals surface area contributed by atoms with Gasteiger partial charge in [-0.2, -0.15) is 9.61 Å². The van der Waals surface area contributed by atoms with Gasteiger partial charge in [0.15, 0.2) is 5.82 Å². The van der Waals surface area contributed by atoms with Crippen LogP contribution in [0.5, 0.6) is 0 Å². The number of hydrogen-bond acceptors (Lipinski definition) is 4. The molecule has 0 N–H and O–H groups in total. The van der Waals surface area contributed by atoms with Crippen LogP contribution in [0, 0.1) is 6.92 Å². The van der Waals surface area contributed by atoms with Crippen molar-refractivity contribution in [3.8, 4) is 10.6 Å². The molecule has 0 aliphatic rings. The van der Waals surface area contributed by atoms with Crippen LogP contribution in [0.15, 0.2) is 24.3 Å². The van der Waals surface area contributed by atoms with Gasteiger partial charge in [0.2, 0.25) is 4.96 Å². The fourth-order valence-electron chi connectivity index (χ4n) is 1.89. The molecular formula is C13H14N4S. The van der Waals surface area contributed by atoms with E-state index >= 15 is 0 Å². The third kappa shape index (κ3) is 1.80. The minimum absolute atomic E-state index is 0.326. The van der Waals surface area contributed by atoms with Crippen LogP contribution in [0.25, 0.3) is 15.5 Å². The SMILES string of the molecule is Cc1cccc(-c2nn3c(C(C)C)nnc3s2)c1. The zero-order valence-electron chi connectivity index (χ0n) is 10.6. The van der Waals surface area contributed by atoms with Crippen molar-refractivity contribution in [1.29, 1.82) is 0 Å². The zero-order chi connectivity index (χ0) is 12.7. The lowest BCUT2D eigenvalue weighted by atomic mass is 10.1. The molecule has 2 aromatic heterocycles. The van der Waals surface area contributed by atoms with Gasteiger partial charge in [-0.05, 0) is 13.0 Å². The van der Waals surface area contributed by atoms with Crippen LogP contribution in [-0.4, -0.2) is 19.8 Å². The number of aromatic nitrogens is 4. The van der Waals surface area contributed by atoms with E-state index in [4.69, 9.17) is 0 Å². The fourth-order valence-corrected chi connectivity index (χ4v) is 2.73. The molecular weight excluding hydrogens is 244 g/mol. The normalized spacial score (nSPS) is 11.6. The van der Waals surface area contributed by atoms with Crippen LogP contribution in [-0.2, 0) is 0 Å². The standard InChI is InChI=1S/C13H14N4S/c1-8(2)11-14-15-13-17(11)16-12(18-13)10-6-4-5-9(3)7-10/h4-8H,1-3H3. The van der Waals surface area contributed by atoms with Crippen molar-refractivity contribution < 1.29 is 0 Å². The topological polar surface area (TPSA) is 43.1 Å². The number of nitrogens with zero attached hydrogens (tertiary/aromatic N) is 4. The third-order valence-electron chi connectivity index (χ3n) is 2.80. The molecule has 0 saturated carbocycles. The second-order valence-electron chi connectivity index (χ2n) is 4.68. The fraction of sp³-hybridized carbons (Fsp3) is 0.308. The smallest absolute Gasteiger partial charge is 0.187 e. The maximum absolute atomic E-state index is 4.62. The van der Waals surface area contributed by atoms with Gasteiger partial charge in [-0.3, -0.25) is 0 Å². The molecule has 0 aliphatic carbocycles. The Labute approximate surface area is 109 Å². The van der Waals surface area contributed by atoms with E-state index in [0.717, 1.165) is 21.4 Å². The molecule has 0 atom stereocenters. The maximum atomic E-state index is 4.62.